The highest BCUT2D eigenvalue weighted by Gasteiger charge is 2.36. The van der Waals surface area contributed by atoms with E-state index < -0.39 is 5.54 Å². The summed E-state index contributed by atoms with van der Waals surface area (Å²) in [5.74, 6) is -0.537. The van der Waals surface area contributed by atoms with Crippen LogP contribution in [-0.2, 0) is 16.0 Å². The molecular formula is C15H21FN2O2. The lowest BCUT2D eigenvalue weighted by molar-refractivity contribution is -0.149. The summed E-state index contributed by atoms with van der Waals surface area (Å²) in [4.78, 5) is 14.1. The first kappa shape index (κ1) is 14.8. The third-order valence-electron chi connectivity index (χ3n) is 3.82. The molecule has 2 rings (SSSR count). The summed E-state index contributed by atoms with van der Waals surface area (Å²) in [5.41, 5.74) is 1.19. The van der Waals surface area contributed by atoms with Gasteiger partial charge in [-0.2, -0.15) is 0 Å². The van der Waals surface area contributed by atoms with Crippen LogP contribution in [0.2, 0.25) is 0 Å². The van der Waals surface area contributed by atoms with E-state index in [1.165, 1.54) is 12.1 Å². The number of carbonyl (C=O) groups excluding carboxylic acids is 1. The van der Waals surface area contributed by atoms with Crippen LogP contribution in [0.1, 0.15) is 19.4 Å². The van der Waals surface area contributed by atoms with E-state index in [0.29, 0.717) is 13.2 Å². The molecule has 1 aromatic carbocycles. The van der Waals surface area contributed by atoms with Gasteiger partial charge in [-0.3, -0.25) is 0 Å². The molecule has 4 nitrogen and oxygen atoms in total. The average molecular weight is 280 g/mol. The molecule has 0 radical (unpaired) electrons. The van der Waals surface area contributed by atoms with Crippen molar-refractivity contribution in [2.24, 2.45) is 0 Å². The van der Waals surface area contributed by atoms with Gasteiger partial charge in [-0.25, -0.2) is 9.18 Å². The summed E-state index contributed by atoms with van der Waals surface area (Å²) in [6.45, 7) is 5.19. The number of halogens is 1. The number of carbonyl (C=O) groups is 1. The fourth-order valence-electron chi connectivity index (χ4n) is 2.50. The Labute approximate surface area is 118 Å². The second-order valence-corrected chi connectivity index (χ2v) is 5.25. The van der Waals surface area contributed by atoms with Crippen LogP contribution in [0.5, 0.6) is 0 Å². The van der Waals surface area contributed by atoms with E-state index in [1.54, 1.807) is 14.0 Å². The molecule has 0 fully saturated rings. The van der Waals surface area contributed by atoms with Gasteiger partial charge < -0.3 is 15.0 Å². The molecule has 1 aromatic rings. The van der Waals surface area contributed by atoms with Crippen molar-refractivity contribution in [3.63, 3.8) is 0 Å². The number of fused-ring (bicyclic) bond motifs is 1. The molecule has 5 heteroatoms. The Hall–Kier alpha value is -1.62. The number of anilines is 1. The highest BCUT2D eigenvalue weighted by atomic mass is 19.1. The number of benzene rings is 1. The number of esters is 1. The zero-order valence-electron chi connectivity index (χ0n) is 12.2. The van der Waals surface area contributed by atoms with Gasteiger partial charge in [-0.05, 0) is 45.0 Å². The molecule has 110 valence electrons. The van der Waals surface area contributed by atoms with E-state index in [0.717, 1.165) is 24.2 Å². The van der Waals surface area contributed by atoms with E-state index >= 15 is 0 Å². The first-order valence-electron chi connectivity index (χ1n) is 6.89. The number of likely N-dealkylation sites (N-methyl/N-ethyl adjacent to an activating group) is 1. The van der Waals surface area contributed by atoms with Crippen LogP contribution in [0.4, 0.5) is 10.1 Å². The van der Waals surface area contributed by atoms with Gasteiger partial charge in [0.2, 0.25) is 0 Å². The van der Waals surface area contributed by atoms with E-state index in [4.69, 9.17) is 4.74 Å². The molecule has 1 aliphatic rings. The Morgan fingerprint density at radius 1 is 1.55 bits per heavy atom. The fraction of sp³-hybridized carbons (Fsp3) is 0.533. The van der Waals surface area contributed by atoms with Crippen molar-refractivity contribution in [2.75, 3.05) is 31.6 Å². The lowest BCUT2D eigenvalue weighted by atomic mass is 10.0. The van der Waals surface area contributed by atoms with Gasteiger partial charge in [0.1, 0.15) is 11.4 Å². The van der Waals surface area contributed by atoms with Crippen molar-refractivity contribution in [1.82, 2.24) is 5.32 Å². The first-order chi connectivity index (χ1) is 9.50. The number of ether oxygens (including phenoxy) is 1. The largest absolute Gasteiger partial charge is 0.465 e. The van der Waals surface area contributed by atoms with Crippen LogP contribution >= 0.6 is 0 Å². The minimum absolute atomic E-state index is 0.252. The van der Waals surface area contributed by atoms with Crippen molar-refractivity contribution in [2.45, 2.75) is 25.8 Å². The lowest BCUT2D eigenvalue weighted by Crippen LogP contribution is -2.56. The third kappa shape index (κ3) is 2.77. The van der Waals surface area contributed by atoms with Gasteiger partial charge in [-0.15, -0.1) is 0 Å². The summed E-state index contributed by atoms with van der Waals surface area (Å²) < 4.78 is 18.5. The topological polar surface area (TPSA) is 41.6 Å². The molecule has 1 aliphatic heterocycles. The maximum atomic E-state index is 13.4. The second-order valence-electron chi connectivity index (χ2n) is 5.25. The van der Waals surface area contributed by atoms with Gasteiger partial charge >= 0.3 is 5.97 Å². The summed E-state index contributed by atoms with van der Waals surface area (Å²) >= 11 is 0. The normalized spacial score (nSPS) is 16.7. The van der Waals surface area contributed by atoms with Crippen LogP contribution in [0.15, 0.2) is 18.2 Å². The van der Waals surface area contributed by atoms with Crippen LogP contribution < -0.4 is 10.2 Å². The Bertz CT molecular complexity index is 507. The highest BCUT2D eigenvalue weighted by Crippen LogP contribution is 2.30. The molecule has 1 atom stereocenters. The van der Waals surface area contributed by atoms with Crippen LogP contribution in [0, 0.1) is 5.82 Å². The molecule has 0 aliphatic carbocycles. The van der Waals surface area contributed by atoms with Crippen LogP contribution in [0.25, 0.3) is 0 Å². The lowest BCUT2D eigenvalue weighted by Gasteiger charge is -2.32. The first-order valence-corrected chi connectivity index (χ1v) is 6.89. The predicted molar refractivity (Wildman–Crippen MR) is 76.4 cm³/mol. The maximum absolute atomic E-state index is 13.4. The van der Waals surface area contributed by atoms with Crippen LogP contribution in [-0.4, -0.2) is 38.3 Å². The molecule has 0 saturated carbocycles. The molecule has 0 saturated heterocycles. The van der Waals surface area contributed by atoms with Crippen molar-refractivity contribution < 1.29 is 13.9 Å². The minimum Gasteiger partial charge on any atom is -0.465 e. The number of nitrogens with zero attached hydrogens (tertiary/aromatic N) is 1. The Morgan fingerprint density at radius 3 is 2.95 bits per heavy atom. The molecule has 0 bridgehead atoms. The summed E-state index contributed by atoms with van der Waals surface area (Å²) in [7, 11) is 1.74. The predicted octanol–water partition coefficient (Wildman–Crippen LogP) is 1.73. The molecule has 20 heavy (non-hydrogen) atoms. The van der Waals surface area contributed by atoms with Gasteiger partial charge in [0.05, 0.1) is 6.61 Å². The summed E-state index contributed by atoms with van der Waals surface area (Å²) in [6, 6.07) is 4.82. The van der Waals surface area contributed by atoms with E-state index in [1.807, 2.05) is 17.9 Å². The van der Waals surface area contributed by atoms with Crippen molar-refractivity contribution in [1.29, 1.82) is 0 Å². The number of rotatable bonds is 5. The van der Waals surface area contributed by atoms with Gasteiger partial charge in [0, 0.05) is 18.8 Å². The monoisotopic (exact) mass is 280 g/mol. The minimum atomic E-state index is -0.802. The van der Waals surface area contributed by atoms with Gasteiger partial charge in [-0.1, -0.05) is 6.07 Å². The second kappa shape index (κ2) is 5.79. The molecule has 0 aromatic heterocycles. The van der Waals surface area contributed by atoms with Crippen molar-refractivity contribution in [3.05, 3.63) is 29.6 Å². The number of nitrogens with one attached hydrogen (secondary N) is 1. The molecule has 1 heterocycles. The molecule has 0 spiro atoms. The van der Waals surface area contributed by atoms with E-state index in [-0.39, 0.29) is 11.8 Å². The molecule has 1 N–H and O–H groups in total. The molecular weight excluding hydrogens is 259 g/mol. The van der Waals surface area contributed by atoms with Crippen molar-refractivity contribution in [3.8, 4) is 0 Å². The molecule has 1 unspecified atom stereocenters. The number of hydrogen-bond acceptors (Lipinski definition) is 4. The van der Waals surface area contributed by atoms with Gasteiger partial charge in [0.15, 0.2) is 0 Å². The van der Waals surface area contributed by atoms with Gasteiger partial charge in [0.25, 0.3) is 0 Å². The van der Waals surface area contributed by atoms with Crippen LogP contribution in [0.3, 0.4) is 0 Å². The zero-order valence-corrected chi connectivity index (χ0v) is 12.2. The summed E-state index contributed by atoms with van der Waals surface area (Å²) in [6.07, 6.45) is 0.873. The fourth-order valence-corrected chi connectivity index (χ4v) is 2.50. The SMILES string of the molecule is CCOC(=O)C(C)(CN1CCc2ccc(F)cc21)NC. The smallest absolute Gasteiger partial charge is 0.327 e. The average Bonchev–Trinajstić information content (AvgIpc) is 2.81. The Kier molecular flexibility index (Phi) is 4.28. The van der Waals surface area contributed by atoms with E-state index in [9.17, 15) is 9.18 Å². The zero-order chi connectivity index (χ0) is 14.8. The quantitative estimate of drug-likeness (QED) is 0.834. The highest BCUT2D eigenvalue weighted by molar-refractivity contribution is 5.81. The maximum Gasteiger partial charge on any atom is 0.327 e. The van der Waals surface area contributed by atoms with E-state index in [2.05, 4.69) is 5.32 Å². The summed E-state index contributed by atoms with van der Waals surface area (Å²) in [5, 5.41) is 3.03. The third-order valence-corrected chi connectivity index (χ3v) is 3.82. The Morgan fingerprint density at radius 2 is 2.30 bits per heavy atom. The van der Waals surface area contributed by atoms with Crippen molar-refractivity contribution >= 4 is 11.7 Å². The standard InChI is InChI=1S/C15H21FN2O2/c1-4-20-14(19)15(2,17-3)10-18-8-7-11-5-6-12(16)9-13(11)18/h5-6,9,17H,4,7-8,10H2,1-3H3. The Balaban J connectivity index is 2.18. The number of hydrogen-bond donors (Lipinski definition) is 1. The molecule has 0 amide bonds.